The normalized spacial score (nSPS) is 16.6. The van der Waals surface area contributed by atoms with Crippen molar-refractivity contribution in [3.63, 3.8) is 0 Å². The summed E-state index contributed by atoms with van der Waals surface area (Å²) in [6, 6.07) is 20.6. The van der Waals surface area contributed by atoms with Crippen molar-refractivity contribution in [3.05, 3.63) is 83.4 Å². The monoisotopic (exact) mass is 452 g/mol. The number of ether oxygens (including phenoxy) is 2. The molecule has 5 rings (SSSR count). The molecule has 0 bridgehead atoms. The first-order valence-electron chi connectivity index (χ1n) is 11.4. The van der Waals surface area contributed by atoms with Crippen LogP contribution in [0.4, 0.5) is 11.4 Å². The maximum absolute atomic E-state index is 5.43. The van der Waals surface area contributed by atoms with Gasteiger partial charge in [0, 0.05) is 35.3 Å². The van der Waals surface area contributed by atoms with Crippen LogP contribution in [-0.2, 0) is 0 Å². The van der Waals surface area contributed by atoms with Gasteiger partial charge in [0.25, 0.3) is 0 Å². The summed E-state index contributed by atoms with van der Waals surface area (Å²) in [5.74, 6) is 2.51. The summed E-state index contributed by atoms with van der Waals surface area (Å²) in [7, 11) is 3.37. The molecule has 3 aromatic carbocycles. The SMILES string of the molecule is COc1cccc(-c2ccc3c(c2)C(Nc2ccc(OC)c(C)c2)=NC(C2=CCCN=C2)N3)c1. The maximum Gasteiger partial charge on any atom is 0.148 e. The number of amidine groups is 1. The van der Waals surface area contributed by atoms with E-state index in [4.69, 9.17) is 14.5 Å². The number of methoxy groups -OCH3 is 2. The molecule has 3 aromatic rings. The van der Waals surface area contributed by atoms with Gasteiger partial charge in [-0.05, 0) is 72.5 Å². The Hall–Kier alpha value is -4.06. The van der Waals surface area contributed by atoms with Gasteiger partial charge in [0.1, 0.15) is 23.5 Å². The summed E-state index contributed by atoms with van der Waals surface area (Å²) in [6.07, 6.45) is 4.87. The van der Waals surface area contributed by atoms with Crippen molar-refractivity contribution in [2.45, 2.75) is 19.5 Å². The molecule has 34 heavy (non-hydrogen) atoms. The Kier molecular flexibility index (Phi) is 6.04. The number of benzene rings is 3. The number of anilines is 2. The molecule has 6 heteroatoms. The van der Waals surface area contributed by atoms with Gasteiger partial charge in [-0.3, -0.25) is 4.99 Å². The molecule has 0 amide bonds. The van der Waals surface area contributed by atoms with Crippen LogP contribution in [0.3, 0.4) is 0 Å². The van der Waals surface area contributed by atoms with E-state index in [1.54, 1.807) is 14.2 Å². The third-order valence-electron chi connectivity index (χ3n) is 6.08. The zero-order valence-corrected chi connectivity index (χ0v) is 19.6. The van der Waals surface area contributed by atoms with E-state index < -0.39 is 0 Å². The van der Waals surface area contributed by atoms with Gasteiger partial charge in [-0.1, -0.05) is 24.3 Å². The average molecular weight is 453 g/mol. The Morgan fingerprint density at radius 1 is 0.971 bits per heavy atom. The first-order valence-corrected chi connectivity index (χ1v) is 11.4. The molecule has 2 heterocycles. The van der Waals surface area contributed by atoms with Gasteiger partial charge in [0.15, 0.2) is 0 Å². The van der Waals surface area contributed by atoms with E-state index in [0.717, 1.165) is 69.5 Å². The second-order valence-corrected chi connectivity index (χ2v) is 8.35. The average Bonchev–Trinajstić information content (AvgIpc) is 2.89. The van der Waals surface area contributed by atoms with Gasteiger partial charge in [-0.2, -0.15) is 0 Å². The van der Waals surface area contributed by atoms with Crippen LogP contribution < -0.4 is 20.1 Å². The molecule has 6 nitrogen and oxygen atoms in total. The molecule has 0 saturated carbocycles. The largest absolute Gasteiger partial charge is 0.497 e. The minimum absolute atomic E-state index is 0.193. The van der Waals surface area contributed by atoms with Crippen LogP contribution in [0.2, 0.25) is 0 Å². The number of aliphatic imine (C=N–C) groups is 2. The van der Waals surface area contributed by atoms with E-state index in [0.29, 0.717) is 0 Å². The van der Waals surface area contributed by atoms with Crippen molar-refractivity contribution in [2.24, 2.45) is 9.98 Å². The number of dihydropyridines is 1. The highest BCUT2D eigenvalue weighted by atomic mass is 16.5. The Morgan fingerprint density at radius 2 is 1.85 bits per heavy atom. The molecule has 2 aliphatic rings. The van der Waals surface area contributed by atoms with Crippen LogP contribution >= 0.6 is 0 Å². The second kappa shape index (κ2) is 9.43. The van der Waals surface area contributed by atoms with Crippen molar-refractivity contribution in [2.75, 3.05) is 31.4 Å². The first-order chi connectivity index (χ1) is 16.6. The van der Waals surface area contributed by atoms with Crippen molar-refractivity contribution < 1.29 is 9.47 Å². The van der Waals surface area contributed by atoms with Crippen molar-refractivity contribution in [3.8, 4) is 22.6 Å². The smallest absolute Gasteiger partial charge is 0.148 e. The molecular formula is C28H28N4O2. The van der Waals surface area contributed by atoms with Crippen LogP contribution in [-0.4, -0.2) is 39.0 Å². The van der Waals surface area contributed by atoms with Gasteiger partial charge in [-0.25, -0.2) is 4.99 Å². The quantitative estimate of drug-likeness (QED) is 0.522. The minimum Gasteiger partial charge on any atom is -0.497 e. The lowest BCUT2D eigenvalue weighted by atomic mass is 9.98. The third-order valence-corrected chi connectivity index (χ3v) is 6.08. The Morgan fingerprint density at radius 3 is 2.62 bits per heavy atom. The highest BCUT2D eigenvalue weighted by Gasteiger charge is 2.24. The highest BCUT2D eigenvalue weighted by Crippen LogP contribution is 2.32. The summed E-state index contributed by atoms with van der Waals surface area (Å²) in [5, 5.41) is 7.14. The molecule has 0 fully saturated rings. The Labute approximate surface area is 200 Å². The summed E-state index contributed by atoms with van der Waals surface area (Å²) < 4.78 is 10.8. The van der Waals surface area contributed by atoms with Gasteiger partial charge in [0.05, 0.1) is 14.2 Å². The Balaban J connectivity index is 1.55. The molecule has 0 spiro atoms. The maximum atomic E-state index is 5.43. The van der Waals surface area contributed by atoms with E-state index >= 15 is 0 Å². The standard InChI is InChI=1S/C28H28N4O2/c1-18-14-22(10-12-26(18)34-3)30-28-24-16-20(19-6-4-8-23(15-19)33-2)9-11-25(24)31-27(32-28)21-7-5-13-29-17-21/h4,6-12,14-17,27,31H,5,13H2,1-3H3,(H,30,32). The molecule has 2 N–H and O–H groups in total. The number of nitrogens with zero attached hydrogens (tertiary/aromatic N) is 2. The zero-order valence-electron chi connectivity index (χ0n) is 19.6. The van der Waals surface area contributed by atoms with E-state index in [9.17, 15) is 0 Å². The lowest BCUT2D eigenvalue weighted by Gasteiger charge is -2.28. The first kappa shape index (κ1) is 21.8. The number of hydrogen-bond donors (Lipinski definition) is 2. The van der Waals surface area contributed by atoms with E-state index in [1.165, 1.54) is 0 Å². The van der Waals surface area contributed by atoms with Crippen LogP contribution in [0, 0.1) is 6.92 Å². The number of nitrogens with one attached hydrogen (secondary N) is 2. The van der Waals surface area contributed by atoms with Crippen LogP contribution in [0.15, 0.2) is 82.3 Å². The van der Waals surface area contributed by atoms with E-state index in [-0.39, 0.29) is 6.17 Å². The molecule has 172 valence electrons. The Bertz CT molecular complexity index is 1310. The summed E-state index contributed by atoms with van der Waals surface area (Å²) >= 11 is 0. The van der Waals surface area contributed by atoms with Crippen molar-refractivity contribution in [1.82, 2.24) is 0 Å². The fraction of sp³-hybridized carbons (Fsp3) is 0.214. The molecule has 0 aliphatic carbocycles. The predicted octanol–water partition coefficient (Wildman–Crippen LogP) is 5.69. The summed E-state index contributed by atoms with van der Waals surface area (Å²) in [6.45, 7) is 2.87. The van der Waals surface area contributed by atoms with E-state index in [1.807, 2.05) is 43.5 Å². The molecule has 0 saturated heterocycles. The zero-order chi connectivity index (χ0) is 23.5. The highest BCUT2D eigenvalue weighted by molar-refractivity contribution is 6.14. The van der Waals surface area contributed by atoms with Gasteiger partial charge >= 0.3 is 0 Å². The summed E-state index contributed by atoms with van der Waals surface area (Å²) in [4.78, 5) is 9.51. The molecule has 1 atom stereocenters. The van der Waals surface area contributed by atoms with Crippen LogP contribution in [0.1, 0.15) is 17.5 Å². The van der Waals surface area contributed by atoms with Crippen molar-refractivity contribution in [1.29, 1.82) is 0 Å². The van der Waals surface area contributed by atoms with E-state index in [2.05, 4.69) is 52.0 Å². The van der Waals surface area contributed by atoms with Crippen LogP contribution in [0.5, 0.6) is 11.5 Å². The van der Waals surface area contributed by atoms with Crippen molar-refractivity contribution >= 4 is 23.4 Å². The molecule has 0 radical (unpaired) electrons. The lowest BCUT2D eigenvalue weighted by Crippen LogP contribution is -2.31. The number of fused-ring (bicyclic) bond motifs is 1. The van der Waals surface area contributed by atoms with Gasteiger partial charge in [-0.15, -0.1) is 0 Å². The molecule has 2 aliphatic heterocycles. The van der Waals surface area contributed by atoms with Gasteiger partial charge < -0.3 is 20.1 Å². The number of hydrogen-bond acceptors (Lipinski definition) is 6. The lowest BCUT2D eigenvalue weighted by molar-refractivity contribution is 0.412. The molecule has 0 aromatic heterocycles. The second-order valence-electron chi connectivity index (χ2n) is 8.35. The minimum atomic E-state index is -0.193. The topological polar surface area (TPSA) is 67.2 Å². The molecule has 1 unspecified atom stereocenters. The van der Waals surface area contributed by atoms with Crippen LogP contribution in [0.25, 0.3) is 11.1 Å². The fourth-order valence-electron chi connectivity index (χ4n) is 4.29. The molecular weight excluding hydrogens is 424 g/mol. The van der Waals surface area contributed by atoms with Gasteiger partial charge in [0.2, 0.25) is 0 Å². The third kappa shape index (κ3) is 4.39. The summed E-state index contributed by atoms with van der Waals surface area (Å²) in [5.41, 5.74) is 7.33. The predicted molar refractivity (Wildman–Crippen MR) is 140 cm³/mol. The fourth-order valence-corrected chi connectivity index (χ4v) is 4.29. The number of aryl methyl sites for hydroxylation is 1. The number of rotatable bonds is 5.